The molecule has 1 unspecified atom stereocenters. The van der Waals surface area contributed by atoms with Crippen LogP contribution < -0.4 is 32.1 Å². The molecule has 5 heterocycles. The standard InChI is InChI=1S/C55H64FN9O13/c1-4-55(76)36-23-41-51-34(28-65(41)53(74)35(36)29-78-54(55)75)50-40(17-16-33-31(2)37(56)24-38(62-51)49(33)50)63(3)46(70)15-11-21-77-30-60-44(68)26-59-52(73)39(22-32-12-7-5-8-13-32)61-45(69)27-58-43(67)25-57-42(66)14-9-6-10-20-64-47(71)18-19-48(64)72/h5,7-8,12-13,18-19,23-24,39-40,47,71,76H,4,6,9-11,14-17,20-22,25-30H2,1-3H3,(H,57,66)(H,58,67)(H,59,73)(H,60,68)(H,61,69)/t39-,40-,47?,55-/m0/s1. The molecule has 0 radical (unpaired) electrons. The number of aryl methyl sites for hydroxylation is 1. The summed E-state index contributed by atoms with van der Waals surface area (Å²) >= 11 is 0. The Bertz CT molecular complexity index is 3130. The van der Waals surface area contributed by atoms with Crippen molar-refractivity contribution in [2.75, 3.05) is 46.6 Å². The van der Waals surface area contributed by atoms with E-state index in [4.69, 9.17) is 14.5 Å². The number of aliphatic hydroxyl groups is 2. The van der Waals surface area contributed by atoms with E-state index in [0.717, 1.165) is 16.5 Å². The van der Waals surface area contributed by atoms with Gasteiger partial charge in [-0.3, -0.25) is 38.4 Å². The molecule has 0 bridgehead atoms. The highest BCUT2D eigenvalue weighted by molar-refractivity contribution is 5.95. The molecule has 4 aliphatic rings. The average molecular weight is 1080 g/mol. The zero-order valence-corrected chi connectivity index (χ0v) is 43.7. The summed E-state index contributed by atoms with van der Waals surface area (Å²) in [6.45, 7) is 2.01. The minimum Gasteiger partial charge on any atom is -0.458 e. The van der Waals surface area contributed by atoms with Crippen LogP contribution in [0.5, 0.6) is 0 Å². The summed E-state index contributed by atoms with van der Waals surface area (Å²) in [6.07, 6.45) is 4.94. The van der Waals surface area contributed by atoms with Crippen LogP contribution in [0, 0.1) is 12.7 Å². The Kier molecular flexibility index (Phi) is 17.8. The molecule has 0 saturated heterocycles. The largest absolute Gasteiger partial charge is 0.458 e. The second-order valence-electron chi connectivity index (χ2n) is 19.8. The first-order chi connectivity index (χ1) is 37.4. The summed E-state index contributed by atoms with van der Waals surface area (Å²) in [5.74, 6) is -4.72. The molecule has 7 N–H and O–H groups in total. The molecular formula is C55H64FN9O13. The van der Waals surface area contributed by atoms with Crippen LogP contribution in [0.2, 0.25) is 0 Å². The van der Waals surface area contributed by atoms with Gasteiger partial charge < -0.3 is 60.6 Å². The topological polar surface area (TPSA) is 297 Å². The van der Waals surface area contributed by atoms with Crippen molar-refractivity contribution in [3.8, 4) is 11.4 Å². The van der Waals surface area contributed by atoms with Gasteiger partial charge in [0.05, 0.1) is 54.7 Å². The van der Waals surface area contributed by atoms with Gasteiger partial charge in [-0.1, -0.05) is 43.7 Å². The van der Waals surface area contributed by atoms with Crippen molar-refractivity contribution in [2.45, 2.75) is 115 Å². The molecule has 0 fully saturated rings. The molecule has 2 aromatic carbocycles. The molecule has 7 amide bonds. The molecule has 4 atom stereocenters. The Labute approximate surface area is 448 Å². The first kappa shape index (κ1) is 56.3. The van der Waals surface area contributed by atoms with Crippen molar-refractivity contribution in [2.24, 2.45) is 0 Å². The molecule has 1 aliphatic carbocycles. The monoisotopic (exact) mass is 1080 g/mol. The van der Waals surface area contributed by atoms with Crippen molar-refractivity contribution < 1.29 is 62.4 Å². The molecule has 414 valence electrons. The summed E-state index contributed by atoms with van der Waals surface area (Å²) in [7, 11) is 1.69. The van der Waals surface area contributed by atoms with Crippen LogP contribution in [0.3, 0.4) is 0 Å². The lowest BCUT2D eigenvalue weighted by Gasteiger charge is -2.35. The van der Waals surface area contributed by atoms with Gasteiger partial charge in [0.15, 0.2) is 5.60 Å². The fourth-order valence-electron chi connectivity index (χ4n) is 10.4. The van der Waals surface area contributed by atoms with Crippen LogP contribution in [0.15, 0.2) is 59.4 Å². The molecule has 0 saturated carbocycles. The normalized spacial score (nSPS) is 18.1. The SMILES string of the molecule is CC[C@@]1(O)C(=O)OCc2c1cc1n(c2=O)Cc2c-1nc1cc(F)c(C)c3c1c2[C@@H](N(C)C(=O)CCCOCNC(=O)CNC(=O)[C@H](Cc1ccccc1)NC(=O)CNC(=O)CNC(=O)CCCCCN1C(=O)C=CC1O)CC3. The quantitative estimate of drug-likeness (QED) is 0.0260. The smallest absolute Gasteiger partial charge is 0.343 e. The molecular weight excluding hydrogens is 1010 g/mol. The zero-order valence-electron chi connectivity index (χ0n) is 43.7. The number of carbonyl (C=O) groups is 8. The number of carbonyl (C=O) groups excluding carboxylic acids is 8. The number of ether oxygens (including phenoxy) is 2. The Balaban J connectivity index is 0.782. The van der Waals surface area contributed by atoms with E-state index in [-0.39, 0.29) is 94.0 Å². The molecule has 2 aromatic heterocycles. The minimum absolute atomic E-state index is 0.0314. The predicted octanol–water partition coefficient (Wildman–Crippen LogP) is 1.20. The van der Waals surface area contributed by atoms with Gasteiger partial charge in [-0.15, -0.1) is 0 Å². The van der Waals surface area contributed by atoms with Crippen LogP contribution in [0.1, 0.15) is 103 Å². The molecule has 23 heteroatoms. The summed E-state index contributed by atoms with van der Waals surface area (Å²) in [5, 5.41) is 34.4. The maximum Gasteiger partial charge on any atom is 0.343 e. The Morgan fingerprint density at radius 2 is 1.64 bits per heavy atom. The molecule has 78 heavy (non-hydrogen) atoms. The first-order valence-corrected chi connectivity index (χ1v) is 26.1. The van der Waals surface area contributed by atoms with Gasteiger partial charge in [0.25, 0.3) is 5.56 Å². The number of cyclic esters (lactones) is 1. The molecule has 0 spiro atoms. The molecule has 22 nitrogen and oxygen atoms in total. The maximum absolute atomic E-state index is 15.4. The van der Waals surface area contributed by atoms with Crippen molar-refractivity contribution in [1.29, 1.82) is 0 Å². The molecule has 3 aliphatic heterocycles. The fraction of sp³-hybridized carbons (Fsp3) is 0.455. The lowest BCUT2D eigenvalue weighted by Crippen LogP contribution is -2.52. The molecule has 4 aromatic rings. The van der Waals surface area contributed by atoms with Gasteiger partial charge in [0.1, 0.15) is 31.4 Å². The van der Waals surface area contributed by atoms with Gasteiger partial charge in [-0.25, -0.2) is 14.2 Å². The highest BCUT2D eigenvalue weighted by Gasteiger charge is 2.46. The van der Waals surface area contributed by atoms with Crippen molar-refractivity contribution >= 4 is 58.2 Å². The van der Waals surface area contributed by atoms with Crippen LogP contribution >= 0.6 is 0 Å². The van der Waals surface area contributed by atoms with Crippen LogP contribution in [0.25, 0.3) is 22.3 Å². The van der Waals surface area contributed by atoms with Gasteiger partial charge >= 0.3 is 5.97 Å². The zero-order chi connectivity index (χ0) is 55.8. The number of benzene rings is 2. The molecule has 8 rings (SSSR count). The van der Waals surface area contributed by atoms with Gasteiger partial charge in [-0.05, 0) is 79.8 Å². The lowest BCUT2D eigenvalue weighted by molar-refractivity contribution is -0.172. The number of hydrogen-bond acceptors (Lipinski definition) is 14. The number of pyridine rings is 2. The minimum atomic E-state index is -2.03. The lowest BCUT2D eigenvalue weighted by atomic mass is 9.81. The Hall–Kier alpha value is -7.89. The van der Waals surface area contributed by atoms with E-state index in [0.29, 0.717) is 72.2 Å². The van der Waals surface area contributed by atoms with E-state index >= 15 is 4.39 Å². The van der Waals surface area contributed by atoms with E-state index in [1.807, 2.05) is 0 Å². The number of amides is 7. The Morgan fingerprint density at radius 3 is 2.38 bits per heavy atom. The van der Waals surface area contributed by atoms with Gasteiger partial charge in [0.2, 0.25) is 41.4 Å². The number of fused-ring (bicyclic) bond motifs is 5. The van der Waals surface area contributed by atoms with E-state index in [1.54, 1.807) is 62.2 Å². The average Bonchev–Trinajstić information content (AvgIpc) is 4.16. The van der Waals surface area contributed by atoms with E-state index in [1.165, 1.54) is 27.7 Å². The summed E-state index contributed by atoms with van der Waals surface area (Å²) in [6, 6.07) is 10.2. The van der Waals surface area contributed by atoms with E-state index < -0.39 is 78.0 Å². The van der Waals surface area contributed by atoms with E-state index in [9.17, 15) is 53.4 Å². The maximum atomic E-state index is 15.4. The van der Waals surface area contributed by atoms with Crippen LogP contribution in [-0.4, -0.2) is 136 Å². The summed E-state index contributed by atoms with van der Waals surface area (Å²) in [5.41, 5.74) is 2.40. The number of hydrogen-bond donors (Lipinski definition) is 7. The third-order valence-electron chi connectivity index (χ3n) is 14.8. The first-order valence-electron chi connectivity index (χ1n) is 26.1. The number of aromatic nitrogens is 2. The van der Waals surface area contributed by atoms with Gasteiger partial charge in [0, 0.05) is 68.1 Å². The number of nitrogens with one attached hydrogen (secondary N) is 5. The predicted molar refractivity (Wildman–Crippen MR) is 278 cm³/mol. The number of halogens is 1. The number of aliphatic hydroxyl groups excluding tert-OH is 1. The third kappa shape index (κ3) is 12.3. The van der Waals surface area contributed by atoms with Crippen molar-refractivity contribution in [1.82, 2.24) is 45.9 Å². The summed E-state index contributed by atoms with van der Waals surface area (Å²) in [4.78, 5) is 124. The van der Waals surface area contributed by atoms with Crippen molar-refractivity contribution in [3.63, 3.8) is 0 Å². The van der Waals surface area contributed by atoms with E-state index in [2.05, 4.69) is 26.6 Å². The number of unbranched alkanes of at least 4 members (excludes halogenated alkanes) is 2. The summed E-state index contributed by atoms with van der Waals surface area (Å²) < 4.78 is 27.8. The van der Waals surface area contributed by atoms with Gasteiger partial charge in [-0.2, -0.15) is 0 Å². The number of rotatable bonds is 24. The number of esters is 1. The van der Waals surface area contributed by atoms with Crippen LogP contribution in [-0.2, 0) is 79.4 Å². The highest BCUT2D eigenvalue weighted by atomic mass is 19.1. The Morgan fingerprint density at radius 1 is 0.910 bits per heavy atom. The van der Waals surface area contributed by atoms with Crippen LogP contribution in [0.4, 0.5) is 4.39 Å². The highest BCUT2D eigenvalue weighted by Crippen LogP contribution is 2.47. The van der Waals surface area contributed by atoms with Crippen molar-refractivity contribution in [3.05, 3.63) is 110 Å². The second-order valence-corrected chi connectivity index (χ2v) is 19.8. The third-order valence-corrected chi connectivity index (χ3v) is 14.8. The second kappa shape index (κ2) is 24.6. The fourth-order valence-corrected chi connectivity index (χ4v) is 10.4. The number of nitrogens with zero attached hydrogens (tertiary/aromatic N) is 4.